The lowest BCUT2D eigenvalue weighted by molar-refractivity contribution is 0.415. The summed E-state index contributed by atoms with van der Waals surface area (Å²) >= 11 is 3.44. The zero-order valence-electron chi connectivity index (χ0n) is 7.96. The summed E-state index contributed by atoms with van der Waals surface area (Å²) in [6.45, 7) is 0. The maximum Gasteiger partial charge on any atom is 0.119 e. The van der Waals surface area contributed by atoms with E-state index < -0.39 is 0 Å². The summed E-state index contributed by atoms with van der Waals surface area (Å²) in [5, 5.41) is 2.41. The highest BCUT2D eigenvalue weighted by Gasteiger charge is 1.96. The van der Waals surface area contributed by atoms with Crippen molar-refractivity contribution in [1.82, 2.24) is 6.15 Å². The van der Waals surface area contributed by atoms with Crippen LogP contribution in [0.3, 0.4) is 0 Å². The van der Waals surface area contributed by atoms with Crippen LogP contribution in [-0.4, -0.2) is 7.11 Å². The molecule has 0 aliphatic carbocycles. The van der Waals surface area contributed by atoms with Gasteiger partial charge in [0.15, 0.2) is 0 Å². The number of halogens is 1. The van der Waals surface area contributed by atoms with Crippen molar-refractivity contribution in [2.75, 3.05) is 7.11 Å². The van der Waals surface area contributed by atoms with E-state index in [0.717, 1.165) is 10.2 Å². The molecule has 0 aliphatic rings. The van der Waals surface area contributed by atoms with Crippen LogP contribution in [0.15, 0.2) is 40.9 Å². The van der Waals surface area contributed by atoms with Gasteiger partial charge < -0.3 is 10.9 Å². The summed E-state index contributed by atoms with van der Waals surface area (Å²) in [6.07, 6.45) is 0. The van der Waals surface area contributed by atoms with Gasteiger partial charge in [0.2, 0.25) is 0 Å². The topological polar surface area (TPSA) is 44.2 Å². The van der Waals surface area contributed by atoms with Gasteiger partial charge >= 0.3 is 0 Å². The molecule has 0 aliphatic heterocycles. The Morgan fingerprint density at radius 1 is 1.00 bits per heavy atom. The van der Waals surface area contributed by atoms with Crippen molar-refractivity contribution in [3.05, 3.63) is 40.9 Å². The van der Waals surface area contributed by atoms with Crippen LogP contribution in [0.5, 0.6) is 5.75 Å². The second-order valence-corrected chi connectivity index (χ2v) is 3.77. The predicted octanol–water partition coefficient (Wildman–Crippen LogP) is 3.77. The first-order valence-electron chi connectivity index (χ1n) is 4.03. The lowest BCUT2D eigenvalue weighted by Crippen LogP contribution is -1.81. The molecule has 0 bridgehead atoms. The van der Waals surface area contributed by atoms with Crippen LogP contribution in [0.4, 0.5) is 0 Å². The van der Waals surface area contributed by atoms with Crippen LogP contribution in [0.25, 0.3) is 10.8 Å². The fourth-order valence-electron chi connectivity index (χ4n) is 1.32. The minimum atomic E-state index is 0. The number of methoxy groups -OCH3 is 1. The minimum Gasteiger partial charge on any atom is -0.497 e. The Kier molecular flexibility index (Phi) is 3.49. The van der Waals surface area contributed by atoms with Crippen LogP contribution >= 0.6 is 15.9 Å². The average Bonchev–Trinajstić information content (AvgIpc) is 2.17. The highest BCUT2D eigenvalue weighted by atomic mass is 79.9. The molecule has 0 unspecified atom stereocenters. The third-order valence-corrected chi connectivity index (χ3v) is 2.50. The van der Waals surface area contributed by atoms with Gasteiger partial charge in [0.1, 0.15) is 5.75 Å². The van der Waals surface area contributed by atoms with E-state index in [-0.39, 0.29) is 6.15 Å². The standard InChI is InChI=1S/C11H9BrO.H3N/c1-13-11-5-3-8-6-10(12)4-2-9(8)7-11;/h2-7H,1H3;1H3. The first-order valence-corrected chi connectivity index (χ1v) is 4.82. The Morgan fingerprint density at radius 3 is 2.36 bits per heavy atom. The summed E-state index contributed by atoms with van der Waals surface area (Å²) in [4.78, 5) is 0. The van der Waals surface area contributed by atoms with Crippen LogP contribution in [0.2, 0.25) is 0 Å². The Labute approximate surface area is 91.6 Å². The third kappa shape index (κ3) is 2.05. The summed E-state index contributed by atoms with van der Waals surface area (Å²) in [7, 11) is 1.68. The molecule has 0 heterocycles. The Morgan fingerprint density at radius 2 is 1.64 bits per heavy atom. The molecule has 2 aromatic carbocycles. The van der Waals surface area contributed by atoms with E-state index in [2.05, 4.69) is 34.1 Å². The number of hydrogen-bond donors (Lipinski definition) is 1. The van der Waals surface area contributed by atoms with Gasteiger partial charge in [-0.05, 0) is 35.0 Å². The van der Waals surface area contributed by atoms with Crippen LogP contribution in [0.1, 0.15) is 0 Å². The maximum atomic E-state index is 5.14. The predicted molar refractivity (Wildman–Crippen MR) is 63.2 cm³/mol. The van der Waals surface area contributed by atoms with Crippen molar-refractivity contribution in [2.45, 2.75) is 0 Å². The van der Waals surface area contributed by atoms with Gasteiger partial charge in [0.25, 0.3) is 0 Å². The van der Waals surface area contributed by atoms with E-state index in [1.54, 1.807) is 7.11 Å². The molecule has 0 amide bonds. The molecule has 3 N–H and O–H groups in total. The molecule has 74 valence electrons. The largest absolute Gasteiger partial charge is 0.497 e. The molecule has 2 aromatic rings. The number of hydrogen-bond acceptors (Lipinski definition) is 2. The van der Waals surface area contributed by atoms with Crippen LogP contribution in [-0.2, 0) is 0 Å². The Bertz CT molecular complexity index is 442. The Hall–Kier alpha value is -1.06. The number of ether oxygens (including phenoxy) is 1. The normalized spacial score (nSPS) is 9.57. The second kappa shape index (κ2) is 4.44. The van der Waals surface area contributed by atoms with Gasteiger partial charge in [-0.1, -0.05) is 28.1 Å². The zero-order chi connectivity index (χ0) is 9.26. The van der Waals surface area contributed by atoms with Crippen molar-refractivity contribution in [3.63, 3.8) is 0 Å². The zero-order valence-corrected chi connectivity index (χ0v) is 9.54. The van der Waals surface area contributed by atoms with Crippen molar-refractivity contribution >= 4 is 26.7 Å². The lowest BCUT2D eigenvalue weighted by atomic mass is 10.1. The van der Waals surface area contributed by atoms with Gasteiger partial charge in [-0.3, -0.25) is 0 Å². The van der Waals surface area contributed by atoms with E-state index in [1.807, 2.05) is 18.2 Å². The molecule has 0 aromatic heterocycles. The molecule has 0 radical (unpaired) electrons. The average molecular weight is 254 g/mol. The number of rotatable bonds is 1. The highest BCUT2D eigenvalue weighted by molar-refractivity contribution is 9.10. The van der Waals surface area contributed by atoms with Crippen molar-refractivity contribution in [2.24, 2.45) is 0 Å². The van der Waals surface area contributed by atoms with Crippen molar-refractivity contribution in [1.29, 1.82) is 0 Å². The molecular formula is C11H12BrNO. The van der Waals surface area contributed by atoms with E-state index in [9.17, 15) is 0 Å². The van der Waals surface area contributed by atoms with Gasteiger partial charge in [-0.2, -0.15) is 0 Å². The third-order valence-electron chi connectivity index (χ3n) is 2.01. The molecule has 0 saturated heterocycles. The summed E-state index contributed by atoms with van der Waals surface area (Å²) < 4.78 is 6.24. The SMILES string of the molecule is COc1ccc2cc(Br)ccc2c1.N. The monoisotopic (exact) mass is 253 g/mol. The van der Waals surface area contributed by atoms with Gasteiger partial charge in [0.05, 0.1) is 7.11 Å². The van der Waals surface area contributed by atoms with Gasteiger partial charge in [-0.15, -0.1) is 0 Å². The molecule has 3 heteroatoms. The summed E-state index contributed by atoms with van der Waals surface area (Å²) in [5.41, 5.74) is 0. The second-order valence-electron chi connectivity index (χ2n) is 2.86. The molecule has 2 nitrogen and oxygen atoms in total. The highest BCUT2D eigenvalue weighted by Crippen LogP contribution is 2.23. The molecule has 2 rings (SSSR count). The van der Waals surface area contributed by atoms with E-state index in [0.29, 0.717) is 0 Å². The number of benzene rings is 2. The molecule has 0 saturated carbocycles. The van der Waals surface area contributed by atoms with E-state index >= 15 is 0 Å². The van der Waals surface area contributed by atoms with Gasteiger partial charge in [-0.25, -0.2) is 0 Å². The molecule has 14 heavy (non-hydrogen) atoms. The first-order chi connectivity index (χ1) is 6.29. The quantitative estimate of drug-likeness (QED) is 0.841. The van der Waals surface area contributed by atoms with E-state index in [4.69, 9.17) is 4.74 Å². The first kappa shape index (κ1) is 11.0. The Balaban J connectivity index is 0.000000980. The molecule has 0 fully saturated rings. The van der Waals surface area contributed by atoms with Crippen molar-refractivity contribution < 1.29 is 4.74 Å². The lowest BCUT2D eigenvalue weighted by Gasteiger charge is -2.02. The number of fused-ring (bicyclic) bond motifs is 1. The summed E-state index contributed by atoms with van der Waals surface area (Å²) in [5.74, 6) is 0.898. The van der Waals surface area contributed by atoms with E-state index in [1.165, 1.54) is 10.8 Å². The van der Waals surface area contributed by atoms with Gasteiger partial charge in [0, 0.05) is 4.47 Å². The summed E-state index contributed by atoms with van der Waals surface area (Å²) in [6, 6.07) is 12.2. The maximum absolute atomic E-state index is 5.14. The fraction of sp³-hybridized carbons (Fsp3) is 0.0909. The van der Waals surface area contributed by atoms with Crippen molar-refractivity contribution in [3.8, 4) is 5.75 Å². The molecule has 0 atom stereocenters. The van der Waals surface area contributed by atoms with Crippen LogP contribution < -0.4 is 10.9 Å². The fourth-order valence-corrected chi connectivity index (χ4v) is 1.70. The smallest absolute Gasteiger partial charge is 0.119 e. The molecule has 0 spiro atoms. The van der Waals surface area contributed by atoms with Crippen LogP contribution in [0, 0.1) is 0 Å². The molecular weight excluding hydrogens is 242 g/mol. The minimum absolute atomic E-state index is 0.